The molecule has 0 bridgehead atoms. The highest BCUT2D eigenvalue weighted by molar-refractivity contribution is 6.17. The van der Waals surface area contributed by atoms with E-state index in [9.17, 15) is 4.79 Å². The molecule has 104 valence electrons. The van der Waals surface area contributed by atoms with Crippen molar-refractivity contribution in [3.63, 3.8) is 0 Å². The van der Waals surface area contributed by atoms with Gasteiger partial charge in [-0.25, -0.2) is 0 Å². The number of ether oxygens (including phenoxy) is 1. The van der Waals surface area contributed by atoms with Crippen molar-refractivity contribution in [2.24, 2.45) is 0 Å². The summed E-state index contributed by atoms with van der Waals surface area (Å²) in [4.78, 5) is 14.6. The molecule has 19 heavy (non-hydrogen) atoms. The molecule has 1 aliphatic rings. The standard InChI is InChI=1S/C15H20ClNO2/c1-19-14-8-3-2-7-13(14)15(18)17-11-5-4-6-12(17)9-10-16/h2-3,7-8,12H,4-6,9-11H2,1H3. The average Bonchev–Trinajstić information content (AvgIpc) is 2.47. The molecule has 2 rings (SSSR count). The molecule has 0 aliphatic carbocycles. The largest absolute Gasteiger partial charge is 0.496 e. The zero-order chi connectivity index (χ0) is 13.7. The van der Waals surface area contributed by atoms with Gasteiger partial charge in [-0.1, -0.05) is 12.1 Å². The van der Waals surface area contributed by atoms with Crippen LogP contribution in [0.25, 0.3) is 0 Å². The maximum absolute atomic E-state index is 12.7. The summed E-state index contributed by atoms with van der Waals surface area (Å²) < 4.78 is 5.28. The van der Waals surface area contributed by atoms with Crippen LogP contribution in [0, 0.1) is 0 Å². The van der Waals surface area contributed by atoms with Gasteiger partial charge in [-0.15, -0.1) is 11.6 Å². The number of amides is 1. The minimum atomic E-state index is 0.0623. The minimum absolute atomic E-state index is 0.0623. The number of hydrogen-bond acceptors (Lipinski definition) is 2. The number of piperidine rings is 1. The molecule has 1 saturated heterocycles. The molecule has 4 heteroatoms. The summed E-state index contributed by atoms with van der Waals surface area (Å²) in [5, 5.41) is 0. The zero-order valence-corrected chi connectivity index (χ0v) is 12.0. The number of benzene rings is 1. The average molecular weight is 282 g/mol. The highest BCUT2D eigenvalue weighted by atomic mass is 35.5. The Morgan fingerprint density at radius 3 is 2.95 bits per heavy atom. The van der Waals surface area contributed by atoms with Crippen LogP contribution in [-0.2, 0) is 0 Å². The fourth-order valence-electron chi connectivity index (χ4n) is 2.67. The molecular weight excluding hydrogens is 262 g/mol. The number of para-hydroxylation sites is 1. The lowest BCUT2D eigenvalue weighted by Gasteiger charge is -2.35. The van der Waals surface area contributed by atoms with Crippen molar-refractivity contribution in [3.8, 4) is 5.75 Å². The Morgan fingerprint density at radius 2 is 2.21 bits per heavy atom. The first-order chi connectivity index (χ1) is 9.27. The molecular formula is C15H20ClNO2. The van der Waals surface area contributed by atoms with E-state index in [-0.39, 0.29) is 11.9 Å². The van der Waals surface area contributed by atoms with Gasteiger partial charge in [0.25, 0.3) is 5.91 Å². The SMILES string of the molecule is COc1ccccc1C(=O)N1CCCCC1CCCl. The number of likely N-dealkylation sites (tertiary alicyclic amines) is 1. The van der Waals surface area contributed by atoms with Crippen molar-refractivity contribution in [1.82, 2.24) is 4.90 Å². The van der Waals surface area contributed by atoms with Gasteiger partial charge < -0.3 is 9.64 Å². The molecule has 1 aromatic rings. The van der Waals surface area contributed by atoms with Crippen molar-refractivity contribution in [2.75, 3.05) is 19.5 Å². The lowest BCUT2D eigenvalue weighted by Crippen LogP contribution is -2.44. The van der Waals surface area contributed by atoms with Gasteiger partial charge in [0, 0.05) is 18.5 Å². The summed E-state index contributed by atoms with van der Waals surface area (Å²) in [7, 11) is 1.60. The number of methoxy groups -OCH3 is 1. The van der Waals surface area contributed by atoms with E-state index in [0.29, 0.717) is 17.2 Å². The van der Waals surface area contributed by atoms with E-state index in [0.717, 1.165) is 25.8 Å². The number of alkyl halides is 1. The molecule has 1 atom stereocenters. The van der Waals surface area contributed by atoms with Crippen LogP contribution in [0.4, 0.5) is 0 Å². The topological polar surface area (TPSA) is 29.5 Å². The van der Waals surface area contributed by atoms with Gasteiger partial charge in [-0.2, -0.15) is 0 Å². The molecule has 0 saturated carbocycles. The monoisotopic (exact) mass is 281 g/mol. The van der Waals surface area contributed by atoms with Gasteiger partial charge in [-0.3, -0.25) is 4.79 Å². The van der Waals surface area contributed by atoms with E-state index in [4.69, 9.17) is 16.3 Å². The number of carbonyl (C=O) groups excluding carboxylic acids is 1. The van der Waals surface area contributed by atoms with Gasteiger partial charge in [0.2, 0.25) is 0 Å². The van der Waals surface area contributed by atoms with Crippen molar-refractivity contribution >= 4 is 17.5 Å². The van der Waals surface area contributed by atoms with Gasteiger partial charge in [-0.05, 0) is 37.8 Å². The summed E-state index contributed by atoms with van der Waals surface area (Å²) in [6, 6.07) is 7.67. The Kier molecular flexibility index (Phi) is 5.08. The molecule has 0 spiro atoms. The third kappa shape index (κ3) is 3.21. The first kappa shape index (κ1) is 14.2. The van der Waals surface area contributed by atoms with Crippen LogP contribution >= 0.6 is 11.6 Å². The molecule has 1 amide bonds. The number of carbonyl (C=O) groups is 1. The van der Waals surface area contributed by atoms with E-state index >= 15 is 0 Å². The van der Waals surface area contributed by atoms with Crippen LogP contribution < -0.4 is 4.74 Å². The van der Waals surface area contributed by atoms with Crippen LogP contribution in [0.1, 0.15) is 36.0 Å². The number of nitrogens with zero attached hydrogens (tertiary/aromatic N) is 1. The summed E-state index contributed by atoms with van der Waals surface area (Å²) >= 11 is 5.85. The second-order valence-corrected chi connectivity index (χ2v) is 5.20. The van der Waals surface area contributed by atoms with Crippen LogP contribution in [-0.4, -0.2) is 36.4 Å². The summed E-state index contributed by atoms with van der Waals surface area (Å²) in [6.07, 6.45) is 4.16. The Balaban J connectivity index is 2.21. The molecule has 1 aliphatic heterocycles. The van der Waals surface area contributed by atoms with E-state index in [1.807, 2.05) is 29.2 Å². The Hall–Kier alpha value is -1.22. The first-order valence-corrected chi connectivity index (χ1v) is 7.31. The molecule has 1 fully saturated rings. The van der Waals surface area contributed by atoms with Crippen molar-refractivity contribution in [2.45, 2.75) is 31.7 Å². The third-order valence-electron chi connectivity index (χ3n) is 3.67. The van der Waals surface area contributed by atoms with Crippen LogP contribution in [0.5, 0.6) is 5.75 Å². The fourth-order valence-corrected chi connectivity index (χ4v) is 2.92. The van der Waals surface area contributed by atoms with Gasteiger partial charge in [0.1, 0.15) is 5.75 Å². The summed E-state index contributed by atoms with van der Waals surface area (Å²) in [6.45, 7) is 0.818. The Morgan fingerprint density at radius 1 is 1.42 bits per heavy atom. The maximum atomic E-state index is 12.7. The van der Waals surface area contributed by atoms with Crippen LogP contribution in [0.15, 0.2) is 24.3 Å². The Labute approximate surface area is 119 Å². The number of hydrogen-bond donors (Lipinski definition) is 0. The third-order valence-corrected chi connectivity index (χ3v) is 3.89. The quantitative estimate of drug-likeness (QED) is 0.793. The normalized spacial score (nSPS) is 19.3. The van der Waals surface area contributed by atoms with Crippen molar-refractivity contribution < 1.29 is 9.53 Å². The molecule has 0 radical (unpaired) electrons. The van der Waals surface area contributed by atoms with Gasteiger partial charge in [0.15, 0.2) is 0 Å². The molecule has 0 N–H and O–H groups in total. The molecule has 3 nitrogen and oxygen atoms in total. The molecule has 1 unspecified atom stereocenters. The zero-order valence-electron chi connectivity index (χ0n) is 11.3. The fraction of sp³-hybridized carbons (Fsp3) is 0.533. The van der Waals surface area contributed by atoms with E-state index in [1.54, 1.807) is 7.11 Å². The van der Waals surface area contributed by atoms with Crippen LogP contribution in [0.2, 0.25) is 0 Å². The molecule has 0 aromatic heterocycles. The lowest BCUT2D eigenvalue weighted by molar-refractivity contribution is 0.0606. The molecule has 1 heterocycles. The highest BCUT2D eigenvalue weighted by Gasteiger charge is 2.28. The predicted molar refractivity (Wildman–Crippen MR) is 77.0 cm³/mol. The number of halogens is 1. The molecule has 1 aromatic carbocycles. The van der Waals surface area contributed by atoms with E-state index in [2.05, 4.69) is 0 Å². The highest BCUT2D eigenvalue weighted by Crippen LogP contribution is 2.26. The summed E-state index contributed by atoms with van der Waals surface area (Å²) in [5.74, 6) is 1.30. The lowest BCUT2D eigenvalue weighted by atomic mass is 9.98. The summed E-state index contributed by atoms with van der Waals surface area (Å²) in [5.41, 5.74) is 0.645. The minimum Gasteiger partial charge on any atom is -0.496 e. The Bertz CT molecular complexity index is 434. The van der Waals surface area contributed by atoms with Crippen molar-refractivity contribution in [1.29, 1.82) is 0 Å². The van der Waals surface area contributed by atoms with E-state index in [1.165, 1.54) is 6.42 Å². The predicted octanol–water partition coefficient (Wildman–Crippen LogP) is 3.32. The van der Waals surface area contributed by atoms with Gasteiger partial charge in [0.05, 0.1) is 12.7 Å². The van der Waals surface area contributed by atoms with Gasteiger partial charge >= 0.3 is 0 Å². The van der Waals surface area contributed by atoms with Crippen LogP contribution in [0.3, 0.4) is 0 Å². The number of rotatable bonds is 4. The second kappa shape index (κ2) is 6.80. The van der Waals surface area contributed by atoms with Crippen molar-refractivity contribution in [3.05, 3.63) is 29.8 Å². The maximum Gasteiger partial charge on any atom is 0.257 e. The second-order valence-electron chi connectivity index (χ2n) is 4.83. The smallest absolute Gasteiger partial charge is 0.257 e. The van der Waals surface area contributed by atoms with E-state index < -0.39 is 0 Å². The first-order valence-electron chi connectivity index (χ1n) is 6.78.